The number of aromatic nitrogens is 3. The highest BCUT2D eigenvalue weighted by molar-refractivity contribution is 6.32. The lowest BCUT2D eigenvalue weighted by molar-refractivity contribution is 0.0685. The van der Waals surface area contributed by atoms with Crippen LogP contribution in [0.5, 0.6) is 0 Å². The van der Waals surface area contributed by atoms with Crippen molar-refractivity contribution in [3.63, 3.8) is 0 Å². The summed E-state index contributed by atoms with van der Waals surface area (Å²) >= 11 is 5.89. The lowest BCUT2D eigenvalue weighted by Crippen LogP contribution is -2.04. The Balaban J connectivity index is 2.54. The van der Waals surface area contributed by atoms with Crippen LogP contribution in [0, 0.1) is 0 Å². The Labute approximate surface area is 96.3 Å². The average molecular weight is 238 g/mol. The molecule has 0 saturated heterocycles. The summed E-state index contributed by atoms with van der Waals surface area (Å²) in [4.78, 5) is 14.7. The molecule has 0 fully saturated rings. The molecule has 2 aromatic heterocycles. The summed E-state index contributed by atoms with van der Waals surface area (Å²) in [7, 11) is 1.57. The van der Waals surface area contributed by atoms with Crippen molar-refractivity contribution < 1.29 is 9.90 Å². The number of nitrogens with zero attached hydrogens (tertiary/aromatic N) is 3. The summed E-state index contributed by atoms with van der Waals surface area (Å²) in [5.74, 6) is -1.03. The minimum atomic E-state index is -1.03. The fourth-order valence-corrected chi connectivity index (χ4v) is 1.59. The SMILES string of the molecule is Cn1nc(-c2cccnc2Cl)cc1C(=O)O. The van der Waals surface area contributed by atoms with Gasteiger partial charge in [0.1, 0.15) is 10.8 Å². The minimum Gasteiger partial charge on any atom is -0.477 e. The van der Waals surface area contributed by atoms with Crippen LogP contribution in [0.25, 0.3) is 11.3 Å². The van der Waals surface area contributed by atoms with Gasteiger partial charge in [-0.15, -0.1) is 0 Å². The topological polar surface area (TPSA) is 68.0 Å². The summed E-state index contributed by atoms with van der Waals surface area (Å²) < 4.78 is 1.29. The number of carbonyl (C=O) groups is 1. The van der Waals surface area contributed by atoms with Gasteiger partial charge in [0.05, 0.1) is 5.69 Å². The second-order valence-corrected chi connectivity index (χ2v) is 3.54. The molecule has 0 unspecified atom stereocenters. The fraction of sp³-hybridized carbons (Fsp3) is 0.100. The Kier molecular flexibility index (Phi) is 2.62. The van der Waals surface area contributed by atoms with Crippen molar-refractivity contribution in [1.29, 1.82) is 0 Å². The second-order valence-electron chi connectivity index (χ2n) is 3.19. The Morgan fingerprint density at radius 2 is 2.31 bits per heavy atom. The van der Waals surface area contributed by atoms with Gasteiger partial charge in [-0.2, -0.15) is 5.10 Å². The van der Waals surface area contributed by atoms with Crippen LogP contribution in [0.3, 0.4) is 0 Å². The van der Waals surface area contributed by atoms with Crippen molar-refractivity contribution in [2.45, 2.75) is 0 Å². The van der Waals surface area contributed by atoms with E-state index in [0.29, 0.717) is 16.4 Å². The van der Waals surface area contributed by atoms with Gasteiger partial charge in [0.25, 0.3) is 0 Å². The molecule has 2 aromatic rings. The zero-order valence-corrected chi connectivity index (χ0v) is 9.14. The molecular weight excluding hydrogens is 230 g/mol. The number of aromatic carboxylic acids is 1. The Hall–Kier alpha value is -1.88. The molecule has 0 radical (unpaired) electrons. The smallest absolute Gasteiger partial charge is 0.354 e. The van der Waals surface area contributed by atoms with Crippen LogP contribution in [0.2, 0.25) is 5.15 Å². The zero-order chi connectivity index (χ0) is 11.7. The normalized spacial score (nSPS) is 10.4. The van der Waals surface area contributed by atoms with E-state index in [4.69, 9.17) is 16.7 Å². The number of hydrogen-bond donors (Lipinski definition) is 1. The molecular formula is C10H8ClN3O2. The predicted octanol–water partition coefficient (Wildman–Crippen LogP) is 1.83. The Morgan fingerprint density at radius 3 is 2.88 bits per heavy atom. The van der Waals surface area contributed by atoms with Gasteiger partial charge in [-0.05, 0) is 18.2 Å². The summed E-state index contributed by atoms with van der Waals surface area (Å²) in [6.07, 6.45) is 1.56. The Morgan fingerprint density at radius 1 is 1.56 bits per heavy atom. The molecule has 1 N–H and O–H groups in total. The van der Waals surface area contributed by atoms with Crippen LogP contribution in [0.4, 0.5) is 0 Å². The first-order chi connectivity index (χ1) is 7.59. The minimum absolute atomic E-state index is 0.106. The molecule has 82 valence electrons. The number of aryl methyl sites for hydroxylation is 1. The highest BCUT2D eigenvalue weighted by atomic mass is 35.5. The summed E-state index contributed by atoms with van der Waals surface area (Å²) in [6.45, 7) is 0. The van der Waals surface area contributed by atoms with Gasteiger partial charge in [-0.25, -0.2) is 9.78 Å². The third kappa shape index (κ3) is 1.77. The number of pyridine rings is 1. The molecule has 0 spiro atoms. The van der Waals surface area contributed by atoms with Crippen LogP contribution in [-0.2, 0) is 7.05 Å². The van der Waals surface area contributed by atoms with E-state index in [9.17, 15) is 4.79 Å². The quantitative estimate of drug-likeness (QED) is 0.810. The van der Waals surface area contributed by atoms with Crippen molar-refractivity contribution in [2.75, 3.05) is 0 Å². The first-order valence-corrected chi connectivity index (χ1v) is 4.85. The molecule has 0 aromatic carbocycles. The Bertz CT molecular complexity index is 551. The number of rotatable bonds is 2. The molecule has 5 nitrogen and oxygen atoms in total. The van der Waals surface area contributed by atoms with Crippen LogP contribution < -0.4 is 0 Å². The molecule has 0 aliphatic heterocycles. The summed E-state index contributed by atoms with van der Waals surface area (Å²) in [5, 5.41) is 13.3. The molecule has 2 rings (SSSR count). The number of carboxylic acid groups (broad SMARTS) is 1. The van der Waals surface area contributed by atoms with E-state index >= 15 is 0 Å². The van der Waals surface area contributed by atoms with E-state index < -0.39 is 5.97 Å². The summed E-state index contributed by atoms with van der Waals surface area (Å²) in [6, 6.07) is 4.92. The van der Waals surface area contributed by atoms with Crippen LogP contribution in [-0.4, -0.2) is 25.8 Å². The third-order valence-corrected chi connectivity index (χ3v) is 2.44. The predicted molar refractivity (Wildman–Crippen MR) is 58.4 cm³/mol. The molecule has 0 amide bonds. The van der Waals surface area contributed by atoms with E-state index in [0.717, 1.165) is 0 Å². The lowest BCUT2D eigenvalue weighted by Gasteiger charge is -1.97. The monoisotopic (exact) mass is 237 g/mol. The van der Waals surface area contributed by atoms with Crippen molar-refractivity contribution >= 4 is 17.6 Å². The van der Waals surface area contributed by atoms with Crippen molar-refractivity contribution in [1.82, 2.24) is 14.8 Å². The van der Waals surface area contributed by atoms with Gasteiger partial charge in [0.2, 0.25) is 0 Å². The van der Waals surface area contributed by atoms with Gasteiger partial charge in [0.15, 0.2) is 0 Å². The van der Waals surface area contributed by atoms with Crippen LogP contribution in [0.1, 0.15) is 10.5 Å². The van der Waals surface area contributed by atoms with E-state index in [1.54, 1.807) is 25.4 Å². The van der Waals surface area contributed by atoms with Crippen molar-refractivity contribution in [3.05, 3.63) is 35.2 Å². The molecule has 16 heavy (non-hydrogen) atoms. The maximum absolute atomic E-state index is 10.8. The van der Waals surface area contributed by atoms with Crippen molar-refractivity contribution in [2.24, 2.45) is 7.05 Å². The third-order valence-electron chi connectivity index (χ3n) is 2.13. The first kappa shape index (κ1) is 10.6. The van der Waals surface area contributed by atoms with Gasteiger partial charge in [-0.1, -0.05) is 11.6 Å². The number of carboxylic acids is 1. The van der Waals surface area contributed by atoms with Gasteiger partial charge < -0.3 is 5.11 Å². The standard InChI is InChI=1S/C10H8ClN3O2/c1-14-8(10(15)16)5-7(13-14)6-3-2-4-12-9(6)11/h2-5H,1H3,(H,15,16). The molecule has 0 aliphatic carbocycles. The van der Waals surface area contributed by atoms with E-state index in [-0.39, 0.29) is 5.69 Å². The van der Waals surface area contributed by atoms with Gasteiger partial charge in [0, 0.05) is 18.8 Å². The number of halogens is 1. The summed E-state index contributed by atoms with van der Waals surface area (Å²) in [5.41, 5.74) is 1.22. The van der Waals surface area contributed by atoms with Gasteiger partial charge in [-0.3, -0.25) is 4.68 Å². The van der Waals surface area contributed by atoms with Gasteiger partial charge >= 0.3 is 5.97 Å². The fourth-order valence-electron chi connectivity index (χ4n) is 1.38. The molecule has 0 aliphatic rings. The van der Waals surface area contributed by atoms with Crippen molar-refractivity contribution in [3.8, 4) is 11.3 Å². The van der Waals surface area contributed by atoms with E-state index in [1.807, 2.05) is 0 Å². The van der Waals surface area contributed by atoms with Crippen LogP contribution in [0.15, 0.2) is 24.4 Å². The average Bonchev–Trinajstić information content (AvgIpc) is 2.61. The first-order valence-electron chi connectivity index (χ1n) is 4.48. The molecule has 6 heteroatoms. The highest BCUT2D eigenvalue weighted by Crippen LogP contribution is 2.24. The molecule has 0 bridgehead atoms. The maximum Gasteiger partial charge on any atom is 0.354 e. The highest BCUT2D eigenvalue weighted by Gasteiger charge is 2.14. The molecule has 2 heterocycles. The van der Waals surface area contributed by atoms with E-state index in [1.165, 1.54) is 10.7 Å². The van der Waals surface area contributed by atoms with Crippen LogP contribution >= 0.6 is 11.6 Å². The second kappa shape index (κ2) is 3.94. The zero-order valence-electron chi connectivity index (χ0n) is 8.38. The largest absolute Gasteiger partial charge is 0.477 e. The maximum atomic E-state index is 10.8. The van der Waals surface area contributed by atoms with E-state index in [2.05, 4.69) is 10.1 Å². The lowest BCUT2D eigenvalue weighted by atomic mass is 10.2. The molecule has 0 saturated carbocycles. The number of hydrogen-bond acceptors (Lipinski definition) is 3. The molecule has 0 atom stereocenters.